The molecule has 1 atom stereocenters. The number of hydrogen-bond acceptors (Lipinski definition) is 2. The molecule has 0 fully saturated rings. The fraction of sp³-hybridized carbons (Fsp3) is 0.250. The summed E-state index contributed by atoms with van der Waals surface area (Å²) in [5, 5.41) is 1.46. The molecule has 0 bridgehead atoms. The van der Waals surface area contributed by atoms with Crippen LogP contribution in [0.3, 0.4) is 0 Å². The minimum absolute atomic E-state index is 0.300. The Morgan fingerprint density at radius 3 is 2.55 bits per heavy atom. The molecular weight excluding hydrogens is 309 g/mol. The molecular formula is C16H15Cl2NS. The average molecular weight is 324 g/mol. The van der Waals surface area contributed by atoms with E-state index in [0.717, 1.165) is 23.0 Å². The molecule has 1 unspecified atom stereocenters. The molecule has 0 saturated carbocycles. The van der Waals surface area contributed by atoms with E-state index in [-0.39, 0.29) is 0 Å². The van der Waals surface area contributed by atoms with Gasteiger partial charge in [-0.2, -0.15) is 0 Å². The van der Waals surface area contributed by atoms with Crippen molar-refractivity contribution >= 4 is 35.8 Å². The summed E-state index contributed by atoms with van der Waals surface area (Å²) < 4.78 is 0. The predicted octanol–water partition coefficient (Wildman–Crippen LogP) is 4.86. The molecule has 1 nitrogen and oxygen atoms in total. The molecule has 3 rings (SSSR count). The lowest BCUT2D eigenvalue weighted by atomic mass is 9.85. The van der Waals surface area contributed by atoms with Crippen molar-refractivity contribution in [1.82, 2.24) is 4.90 Å². The van der Waals surface area contributed by atoms with Gasteiger partial charge in [0.05, 0.1) is 0 Å². The Morgan fingerprint density at radius 1 is 1.15 bits per heavy atom. The van der Waals surface area contributed by atoms with Crippen molar-refractivity contribution in [3.05, 3.63) is 63.1 Å². The number of nitrogens with zero attached hydrogens (tertiary/aromatic N) is 1. The molecule has 1 aliphatic heterocycles. The van der Waals surface area contributed by atoms with Crippen LogP contribution in [0.1, 0.15) is 22.6 Å². The Bertz CT molecular complexity index is 640. The molecule has 104 valence electrons. The number of thiol groups is 1. The molecule has 1 aliphatic rings. The minimum atomic E-state index is 0.300. The van der Waals surface area contributed by atoms with Crippen molar-refractivity contribution < 1.29 is 0 Å². The van der Waals surface area contributed by atoms with E-state index < -0.39 is 0 Å². The number of halogens is 2. The molecule has 0 radical (unpaired) electrons. The van der Waals surface area contributed by atoms with Crippen LogP contribution in [-0.2, 0) is 6.54 Å². The fourth-order valence-electron chi connectivity index (χ4n) is 2.84. The molecule has 20 heavy (non-hydrogen) atoms. The summed E-state index contributed by atoms with van der Waals surface area (Å²) in [5.74, 6) is 0.300. The van der Waals surface area contributed by atoms with Crippen molar-refractivity contribution in [2.75, 3.05) is 13.6 Å². The molecule has 4 heteroatoms. The zero-order chi connectivity index (χ0) is 14.3. The molecule has 0 spiro atoms. The third-order valence-corrected chi connectivity index (χ3v) is 4.64. The standard InChI is InChI=1S/C16H15Cl2NS/c1-19-8-14(10-2-4-12(20)5-3-10)13-6-11(17)7-16(18)15(13)9-19/h2-7,14,20H,8-9H2,1H3. The minimum Gasteiger partial charge on any atom is -0.301 e. The summed E-state index contributed by atoms with van der Waals surface area (Å²) in [4.78, 5) is 3.27. The SMILES string of the molecule is CN1Cc2c(Cl)cc(Cl)cc2C(c2ccc(S)cc2)C1. The van der Waals surface area contributed by atoms with Gasteiger partial charge in [0.25, 0.3) is 0 Å². The number of rotatable bonds is 1. The Morgan fingerprint density at radius 2 is 1.85 bits per heavy atom. The lowest BCUT2D eigenvalue weighted by molar-refractivity contribution is 0.295. The van der Waals surface area contributed by atoms with Gasteiger partial charge in [-0.1, -0.05) is 35.3 Å². The topological polar surface area (TPSA) is 3.24 Å². The van der Waals surface area contributed by atoms with Crippen LogP contribution in [-0.4, -0.2) is 18.5 Å². The van der Waals surface area contributed by atoms with E-state index in [1.165, 1.54) is 16.7 Å². The zero-order valence-electron chi connectivity index (χ0n) is 11.1. The summed E-state index contributed by atoms with van der Waals surface area (Å²) in [7, 11) is 2.12. The van der Waals surface area contributed by atoms with Crippen molar-refractivity contribution in [2.45, 2.75) is 17.4 Å². The van der Waals surface area contributed by atoms with E-state index in [2.05, 4.69) is 42.8 Å². The van der Waals surface area contributed by atoms with Crippen molar-refractivity contribution in [3.8, 4) is 0 Å². The van der Waals surface area contributed by atoms with Crippen LogP contribution < -0.4 is 0 Å². The van der Waals surface area contributed by atoms with Crippen LogP contribution in [0, 0.1) is 0 Å². The maximum atomic E-state index is 6.37. The van der Waals surface area contributed by atoms with Gasteiger partial charge in [-0.05, 0) is 48.0 Å². The predicted molar refractivity (Wildman–Crippen MR) is 88.3 cm³/mol. The molecule has 2 aromatic rings. The summed E-state index contributed by atoms with van der Waals surface area (Å²) in [6.07, 6.45) is 0. The first-order valence-corrected chi connectivity index (χ1v) is 7.70. The first-order chi connectivity index (χ1) is 9.54. The number of hydrogen-bond donors (Lipinski definition) is 1. The maximum absolute atomic E-state index is 6.37. The van der Waals surface area contributed by atoms with E-state index >= 15 is 0 Å². The highest BCUT2D eigenvalue weighted by molar-refractivity contribution is 7.80. The maximum Gasteiger partial charge on any atom is 0.0468 e. The molecule has 0 amide bonds. The molecule has 0 saturated heterocycles. The van der Waals surface area contributed by atoms with Gasteiger partial charge in [-0.3, -0.25) is 0 Å². The van der Waals surface area contributed by atoms with E-state index in [1.807, 2.05) is 18.2 Å². The first-order valence-electron chi connectivity index (χ1n) is 6.50. The molecule has 0 aromatic heterocycles. The van der Waals surface area contributed by atoms with Crippen LogP contribution in [0.4, 0.5) is 0 Å². The van der Waals surface area contributed by atoms with E-state index in [1.54, 1.807) is 0 Å². The van der Waals surface area contributed by atoms with Crippen LogP contribution in [0.5, 0.6) is 0 Å². The number of likely N-dealkylation sites (N-methyl/N-ethyl adjacent to an activating group) is 1. The van der Waals surface area contributed by atoms with Crippen molar-refractivity contribution in [1.29, 1.82) is 0 Å². The summed E-state index contributed by atoms with van der Waals surface area (Å²) >= 11 is 16.9. The van der Waals surface area contributed by atoms with Crippen molar-refractivity contribution in [2.24, 2.45) is 0 Å². The summed E-state index contributed by atoms with van der Waals surface area (Å²) in [6.45, 7) is 1.84. The molecule has 0 N–H and O–H groups in total. The Hall–Kier alpha value is -0.670. The highest BCUT2D eigenvalue weighted by Gasteiger charge is 2.26. The third kappa shape index (κ3) is 2.71. The van der Waals surface area contributed by atoms with Gasteiger partial charge in [-0.15, -0.1) is 12.6 Å². The molecule has 1 heterocycles. The molecule has 2 aromatic carbocycles. The molecule has 0 aliphatic carbocycles. The monoisotopic (exact) mass is 323 g/mol. The van der Waals surface area contributed by atoms with Gasteiger partial charge < -0.3 is 4.90 Å². The van der Waals surface area contributed by atoms with E-state index in [4.69, 9.17) is 23.2 Å². The smallest absolute Gasteiger partial charge is 0.0468 e. The van der Waals surface area contributed by atoms with E-state index in [9.17, 15) is 0 Å². The van der Waals surface area contributed by atoms with Gasteiger partial charge in [0.1, 0.15) is 0 Å². The lowest BCUT2D eigenvalue weighted by Crippen LogP contribution is -2.31. The first kappa shape index (κ1) is 14.3. The third-order valence-electron chi connectivity index (χ3n) is 3.79. The fourth-order valence-corrected chi connectivity index (χ4v) is 3.56. The second kappa shape index (κ2) is 5.61. The number of fused-ring (bicyclic) bond motifs is 1. The Balaban J connectivity index is 2.12. The largest absolute Gasteiger partial charge is 0.301 e. The zero-order valence-corrected chi connectivity index (χ0v) is 13.5. The van der Waals surface area contributed by atoms with Crippen LogP contribution in [0.25, 0.3) is 0 Å². The van der Waals surface area contributed by atoms with Crippen LogP contribution >= 0.6 is 35.8 Å². The lowest BCUT2D eigenvalue weighted by Gasteiger charge is -2.33. The summed E-state index contributed by atoms with van der Waals surface area (Å²) in [6, 6.07) is 12.2. The van der Waals surface area contributed by atoms with E-state index in [0.29, 0.717) is 10.9 Å². The second-order valence-electron chi connectivity index (χ2n) is 5.30. The second-order valence-corrected chi connectivity index (χ2v) is 6.66. The van der Waals surface area contributed by atoms with Gasteiger partial charge in [0.15, 0.2) is 0 Å². The highest BCUT2D eigenvalue weighted by atomic mass is 35.5. The number of benzene rings is 2. The van der Waals surface area contributed by atoms with Gasteiger partial charge in [0.2, 0.25) is 0 Å². The quantitative estimate of drug-likeness (QED) is 0.733. The van der Waals surface area contributed by atoms with Gasteiger partial charge in [-0.25, -0.2) is 0 Å². The summed E-state index contributed by atoms with van der Waals surface area (Å²) in [5.41, 5.74) is 3.70. The normalized spacial score (nSPS) is 18.9. The van der Waals surface area contributed by atoms with Gasteiger partial charge >= 0.3 is 0 Å². The van der Waals surface area contributed by atoms with Crippen LogP contribution in [0.2, 0.25) is 10.0 Å². The average Bonchev–Trinajstić information content (AvgIpc) is 2.40. The van der Waals surface area contributed by atoms with Gasteiger partial charge in [0, 0.05) is 33.9 Å². The van der Waals surface area contributed by atoms with Crippen molar-refractivity contribution in [3.63, 3.8) is 0 Å². The Kier molecular flexibility index (Phi) is 4.00. The van der Waals surface area contributed by atoms with Crippen LogP contribution in [0.15, 0.2) is 41.3 Å². The Labute approximate surface area is 134 Å². The highest BCUT2D eigenvalue weighted by Crippen LogP contribution is 2.38.